The molecule has 7 nitrogen and oxygen atoms in total. The van der Waals surface area contributed by atoms with E-state index >= 15 is 0 Å². The van der Waals surface area contributed by atoms with Crippen LogP contribution in [0.1, 0.15) is 21.5 Å². The van der Waals surface area contributed by atoms with Gasteiger partial charge in [0.05, 0.1) is 17.8 Å². The minimum Gasteiger partial charge on any atom is -0.457 e. The summed E-state index contributed by atoms with van der Waals surface area (Å²) in [6.45, 7) is -0.0313. The second kappa shape index (κ2) is 8.23. The van der Waals surface area contributed by atoms with Gasteiger partial charge in [-0.05, 0) is 29.3 Å². The van der Waals surface area contributed by atoms with Crippen molar-refractivity contribution in [2.75, 3.05) is 11.9 Å². The number of hydrogen-bond donors (Lipinski definition) is 0. The standard InChI is InChI=1S/C23H20N2O5S/c1-24-20-13-12-19(22(26)30-16-18-10-6-3-7-11-18)14-21(20)31(28,29)25(23(24)27)15-17-8-4-2-5-9-17/h2-14H,15-16H2,1H3. The first kappa shape index (κ1) is 20.6. The molecule has 1 aliphatic rings. The van der Waals surface area contributed by atoms with Crippen molar-refractivity contribution in [1.29, 1.82) is 0 Å². The van der Waals surface area contributed by atoms with Gasteiger partial charge < -0.3 is 4.74 Å². The van der Waals surface area contributed by atoms with Crippen molar-refractivity contribution < 1.29 is 22.7 Å². The second-order valence-electron chi connectivity index (χ2n) is 7.08. The van der Waals surface area contributed by atoms with E-state index in [1.54, 1.807) is 24.3 Å². The number of ether oxygens (including phenoxy) is 1. The molecule has 0 aliphatic carbocycles. The van der Waals surface area contributed by atoms with Crippen molar-refractivity contribution >= 4 is 27.7 Å². The third-order valence-corrected chi connectivity index (χ3v) is 6.76. The lowest BCUT2D eigenvalue weighted by Crippen LogP contribution is -2.48. The van der Waals surface area contributed by atoms with E-state index in [4.69, 9.17) is 4.74 Å². The van der Waals surface area contributed by atoms with E-state index in [1.807, 2.05) is 36.4 Å². The van der Waals surface area contributed by atoms with Crippen LogP contribution in [0.5, 0.6) is 0 Å². The summed E-state index contributed by atoms with van der Waals surface area (Å²) in [6.07, 6.45) is 0. The number of rotatable bonds is 5. The average molecular weight is 436 g/mol. The number of hydrogen-bond acceptors (Lipinski definition) is 5. The molecular formula is C23H20N2O5S. The number of anilines is 1. The van der Waals surface area contributed by atoms with Crippen LogP contribution in [0.2, 0.25) is 0 Å². The van der Waals surface area contributed by atoms with Gasteiger partial charge in [-0.3, -0.25) is 4.90 Å². The Bertz CT molecular complexity index is 1230. The predicted octanol–water partition coefficient (Wildman–Crippen LogP) is 3.80. The van der Waals surface area contributed by atoms with Crippen LogP contribution in [-0.4, -0.2) is 31.8 Å². The van der Waals surface area contributed by atoms with E-state index in [0.29, 0.717) is 5.56 Å². The van der Waals surface area contributed by atoms with Crippen LogP contribution in [0.4, 0.5) is 10.5 Å². The van der Waals surface area contributed by atoms with E-state index in [9.17, 15) is 18.0 Å². The highest BCUT2D eigenvalue weighted by Crippen LogP contribution is 2.35. The average Bonchev–Trinajstić information content (AvgIpc) is 2.80. The lowest BCUT2D eigenvalue weighted by atomic mass is 10.2. The summed E-state index contributed by atoms with van der Waals surface area (Å²) in [5.41, 5.74) is 1.81. The summed E-state index contributed by atoms with van der Waals surface area (Å²) in [6, 6.07) is 21.5. The molecule has 8 heteroatoms. The lowest BCUT2D eigenvalue weighted by Gasteiger charge is -2.34. The van der Waals surface area contributed by atoms with E-state index in [0.717, 1.165) is 9.87 Å². The number of esters is 1. The number of urea groups is 1. The maximum absolute atomic E-state index is 13.2. The van der Waals surface area contributed by atoms with Crippen LogP contribution in [0, 0.1) is 0 Å². The van der Waals surface area contributed by atoms with Gasteiger partial charge in [0.1, 0.15) is 11.5 Å². The Balaban J connectivity index is 1.63. The van der Waals surface area contributed by atoms with Gasteiger partial charge in [0.15, 0.2) is 0 Å². The summed E-state index contributed by atoms with van der Waals surface area (Å²) >= 11 is 0. The monoisotopic (exact) mass is 436 g/mol. The first-order valence-electron chi connectivity index (χ1n) is 9.57. The zero-order chi connectivity index (χ0) is 22.0. The summed E-state index contributed by atoms with van der Waals surface area (Å²) in [5, 5.41) is 0. The Kier molecular flexibility index (Phi) is 5.48. The molecular weight excluding hydrogens is 416 g/mol. The summed E-state index contributed by atoms with van der Waals surface area (Å²) in [4.78, 5) is 26.4. The molecule has 0 fully saturated rings. The summed E-state index contributed by atoms with van der Waals surface area (Å²) in [7, 11) is -2.65. The van der Waals surface area contributed by atoms with Gasteiger partial charge in [-0.1, -0.05) is 60.7 Å². The third-order valence-electron chi connectivity index (χ3n) is 5.01. The molecule has 0 radical (unpaired) electrons. The molecule has 4 rings (SSSR count). The van der Waals surface area contributed by atoms with Crippen LogP contribution in [0.3, 0.4) is 0 Å². The minimum absolute atomic E-state index is 0.0715. The third kappa shape index (κ3) is 4.02. The zero-order valence-corrected chi connectivity index (χ0v) is 17.6. The van der Waals surface area contributed by atoms with Gasteiger partial charge in [0, 0.05) is 7.05 Å². The molecule has 0 saturated heterocycles. The molecule has 0 atom stereocenters. The van der Waals surface area contributed by atoms with E-state index in [1.165, 1.54) is 30.1 Å². The van der Waals surface area contributed by atoms with Crippen molar-refractivity contribution in [3.05, 3.63) is 95.6 Å². The predicted molar refractivity (Wildman–Crippen MR) is 115 cm³/mol. The zero-order valence-electron chi connectivity index (χ0n) is 16.8. The molecule has 2 amide bonds. The van der Waals surface area contributed by atoms with E-state index in [-0.39, 0.29) is 29.3 Å². The van der Waals surface area contributed by atoms with Gasteiger partial charge in [-0.15, -0.1) is 0 Å². The van der Waals surface area contributed by atoms with E-state index in [2.05, 4.69) is 0 Å². The quantitative estimate of drug-likeness (QED) is 0.568. The first-order chi connectivity index (χ1) is 14.9. The molecule has 1 aliphatic heterocycles. The number of carbonyl (C=O) groups is 2. The molecule has 0 aromatic heterocycles. The fourth-order valence-electron chi connectivity index (χ4n) is 3.32. The maximum atomic E-state index is 13.2. The van der Waals surface area contributed by atoms with Gasteiger partial charge in [0.25, 0.3) is 10.0 Å². The molecule has 3 aromatic carbocycles. The fraction of sp³-hybridized carbons (Fsp3) is 0.130. The Morgan fingerprint density at radius 2 is 1.52 bits per heavy atom. The van der Waals surface area contributed by atoms with Gasteiger partial charge >= 0.3 is 12.0 Å². The van der Waals surface area contributed by atoms with Crippen LogP contribution in [0.25, 0.3) is 0 Å². The minimum atomic E-state index is -4.15. The first-order valence-corrected chi connectivity index (χ1v) is 11.0. The molecule has 0 bridgehead atoms. The van der Waals surface area contributed by atoms with Crippen LogP contribution in [-0.2, 0) is 27.9 Å². The molecule has 31 heavy (non-hydrogen) atoms. The Morgan fingerprint density at radius 3 is 2.16 bits per heavy atom. The number of benzene rings is 3. The number of sulfonamides is 1. The van der Waals surface area contributed by atoms with Crippen molar-refractivity contribution in [1.82, 2.24) is 4.31 Å². The van der Waals surface area contributed by atoms with E-state index < -0.39 is 22.0 Å². The molecule has 3 aromatic rings. The van der Waals surface area contributed by atoms with Crippen LogP contribution in [0.15, 0.2) is 83.8 Å². The fourth-order valence-corrected chi connectivity index (χ4v) is 4.95. The lowest BCUT2D eigenvalue weighted by molar-refractivity contribution is 0.0472. The SMILES string of the molecule is CN1C(=O)N(Cc2ccccc2)S(=O)(=O)c2cc(C(=O)OCc3ccccc3)ccc21. The molecule has 0 saturated carbocycles. The number of amides is 2. The smallest absolute Gasteiger partial charge is 0.338 e. The highest BCUT2D eigenvalue weighted by molar-refractivity contribution is 7.90. The summed E-state index contributed by atoms with van der Waals surface area (Å²) < 4.78 is 32.6. The Labute approximate surface area is 180 Å². The number of nitrogens with zero attached hydrogens (tertiary/aromatic N) is 2. The van der Waals surface area contributed by atoms with Crippen molar-refractivity contribution in [3.8, 4) is 0 Å². The van der Waals surface area contributed by atoms with Crippen molar-refractivity contribution in [2.45, 2.75) is 18.0 Å². The van der Waals surface area contributed by atoms with Crippen molar-refractivity contribution in [2.24, 2.45) is 0 Å². The van der Waals surface area contributed by atoms with Crippen LogP contribution >= 0.6 is 0 Å². The molecule has 0 spiro atoms. The summed E-state index contributed by atoms with van der Waals surface area (Å²) in [5.74, 6) is -0.643. The highest BCUT2D eigenvalue weighted by Gasteiger charge is 2.40. The number of carbonyl (C=O) groups excluding carboxylic acids is 2. The van der Waals surface area contributed by atoms with Gasteiger partial charge in [-0.2, -0.15) is 0 Å². The molecule has 158 valence electrons. The second-order valence-corrected chi connectivity index (χ2v) is 8.91. The normalized spacial score (nSPS) is 14.8. The topological polar surface area (TPSA) is 84.0 Å². The van der Waals surface area contributed by atoms with Crippen molar-refractivity contribution in [3.63, 3.8) is 0 Å². The molecule has 0 N–H and O–H groups in total. The molecule has 1 heterocycles. The van der Waals surface area contributed by atoms with Gasteiger partial charge in [0.2, 0.25) is 0 Å². The highest BCUT2D eigenvalue weighted by atomic mass is 32.2. The van der Waals surface area contributed by atoms with Crippen LogP contribution < -0.4 is 4.90 Å². The Morgan fingerprint density at radius 1 is 0.903 bits per heavy atom. The van der Waals surface area contributed by atoms with Gasteiger partial charge in [-0.25, -0.2) is 22.3 Å². The largest absolute Gasteiger partial charge is 0.457 e. The number of fused-ring (bicyclic) bond motifs is 1. The Hall–Kier alpha value is -3.65. The maximum Gasteiger partial charge on any atom is 0.338 e. The molecule has 0 unspecified atom stereocenters.